The summed E-state index contributed by atoms with van der Waals surface area (Å²) >= 11 is 5.57. The zero-order valence-electron chi connectivity index (χ0n) is 25.7. The highest BCUT2D eigenvalue weighted by Gasteiger charge is 2.51. The number of nitrogens with zero attached hydrogens (tertiary/aromatic N) is 1. The van der Waals surface area contributed by atoms with Gasteiger partial charge in [-0.3, -0.25) is 9.69 Å². The molecule has 0 radical (unpaired) electrons. The molecule has 2 fully saturated rings. The molecular formula is C34H49NO4SSi. The Morgan fingerprint density at radius 2 is 1.49 bits per heavy atom. The number of amides is 1. The van der Waals surface area contributed by atoms with Crippen molar-refractivity contribution in [1.82, 2.24) is 4.90 Å². The molecule has 0 spiro atoms. The second-order valence-electron chi connectivity index (χ2n) is 12.9. The van der Waals surface area contributed by atoms with Gasteiger partial charge in [-0.05, 0) is 53.3 Å². The van der Waals surface area contributed by atoms with Gasteiger partial charge in [-0.2, -0.15) is 0 Å². The van der Waals surface area contributed by atoms with Crippen LogP contribution in [0.25, 0.3) is 0 Å². The molecule has 0 saturated carbocycles. The third-order valence-corrected chi connectivity index (χ3v) is 14.2. The summed E-state index contributed by atoms with van der Waals surface area (Å²) in [6.45, 7) is 12.3. The van der Waals surface area contributed by atoms with Gasteiger partial charge in [-0.15, -0.1) is 0 Å². The van der Waals surface area contributed by atoms with Crippen LogP contribution in [0, 0.1) is 0 Å². The molecule has 41 heavy (non-hydrogen) atoms. The molecule has 2 aliphatic rings. The van der Waals surface area contributed by atoms with E-state index in [1.165, 1.54) is 10.4 Å². The molecule has 0 aliphatic carbocycles. The fourth-order valence-corrected chi connectivity index (χ4v) is 11.7. The first-order valence-electron chi connectivity index (χ1n) is 15.6. The van der Waals surface area contributed by atoms with Crippen LogP contribution in [0.4, 0.5) is 0 Å². The van der Waals surface area contributed by atoms with Crippen LogP contribution >= 0.6 is 12.2 Å². The topological polar surface area (TPSA) is 48.0 Å². The van der Waals surface area contributed by atoms with Crippen LogP contribution in [0.1, 0.15) is 92.4 Å². The van der Waals surface area contributed by atoms with Gasteiger partial charge in [0.15, 0.2) is 0 Å². The van der Waals surface area contributed by atoms with E-state index in [0.29, 0.717) is 24.8 Å². The van der Waals surface area contributed by atoms with Crippen LogP contribution in [0.5, 0.6) is 0 Å². The maximum Gasteiger partial charge on any atom is 0.266 e. The highest BCUT2D eigenvalue weighted by atomic mass is 32.1. The van der Waals surface area contributed by atoms with Crippen molar-refractivity contribution in [3.05, 3.63) is 60.7 Å². The first-order chi connectivity index (χ1) is 19.7. The zero-order chi connectivity index (χ0) is 29.5. The molecule has 224 valence electrons. The summed E-state index contributed by atoms with van der Waals surface area (Å²) in [6, 6.07) is 21.4. The van der Waals surface area contributed by atoms with Crippen LogP contribution in [-0.2, 0) is 18.7 Å². The van der Waals surface area contributed by atoms with Crippen molar-refractivity contribution in [1.29, 1.82) is 0 Å². The second-order valence-corrected chi connectivity index (χ2v) is 17.5. The number of hydrogen-bond acceptors (Lipinski definition) is 5. The van der Waals surface area contributed by atoms with Gasteiger partial charge in [0, 0.05) is 0 Å². The Kier molecular flexibility index (Phi) is 10.8. The highest BCUT2D eigenvalue weighted by Crippen LogP contribution is 2.39. The zero-order valence-corrected chi connectivity index (χ0v) is 27.5. The summed E-state index contributed by atoms with van der Waals surface area (Å²) in [5.74, 6) is 0.0401. The standard InChI is InChI=1S/C34H49NO4SSi/c1-6-8-22-34(23-9-7-2)26-37-32(40)35(34)31(36)24-27-20-21-28(39-27)25-38-41(33(3,4)5,29-16-12-10-13-17-29)30-18-14-11-15-19-30/h10-19,27-28H,6-9,20-26H2,1-5H3/t27-,28-/m0/s1. The monoisotopic (exact) mass is 595 g/mol. The fourth-order valence-electron chi connectivity index (χ4n) is 6.71. The van der Waals surface area contributed by atoms with Gasteiger partial charge in [0.1, 0.15) is 6.61 Å². The summed E-state index contributed by atoms with van der Waals surface area (Å²) in [6.07, 6.45) is 8.03. The van der Waals surface area contributed by atoms with E-state index in [1.54, 1.807) is 0 Å². The van der Waals surface area contributed by atoms with Gasteiger partial charge in [0.25, 0.3) is 13.5 Å². The van der Waals surface area contributed by atoms with E-state index in [1.807, 2.05) is 4.90 Å². The molecule has 2 heterocycles. The third kappa shape index (κ3) is 6.95. The van der Waals surface area contributed by atoms with Crippen molar-refractivity contribution in [2.45, 2.75) is 115 Å². The quantitative estimate of drug-likeness (QED) is 0.189. The number of carbonyl (C=O) groups excluding carboxylic acids is 1. The fraction of sp³-hybridized carbons (Fsp3) is 0.588. The Morgan fingerprint density at radius 1 is 0.951 bits per heavy atom. The molecule has 0 aromatic heterocycles. The molecule has 7 heteroatoms. The molecule has 0 bridgehead atoms. The minimum atomic E-state index is -2.63. The van der Waals surface area contributed by atoms with Crippen LogP contribution in [0.15, 0.2) is 60.7 Å². The average molecular weight is 596 g/mol. The molecule has 5 nitrogen and oxygen atoms in total. The van der Waals surface area contributed by atoms with Crippen molar-refractivity contribution in [3.63, 3.8) is 0 Å². The number of benzene rings is 2. The summed E-state index contributed by atoms with van der Waals surface area (Å²) in [7, 11) is -2.63. The molecule has 0 unspecified atom stereocenters. The molecular weight excluding hydrogens is 547 g/mol. The van der Waals surface area contributed by atoms with E-state index in [2.05, 4.69) is 95.3 Å². The van der Waals surface area contributed by atoms with Crippen LogP contribution in [-0.4, -0.2) is 55.3 Å². The lowest BCUT2D eigenvalue weighted by Crippen LogP contribution is -2.67. The summed E-state index contributed by atoms with van der Waals surface area (Å²) in [4.78, 5) is 15.6. The van der Waals surface area contributed by atoms with E-state index in [0.717, 1.165) is 51.4 Å². The Bertz CT molecular complexity index is 1090. The van der Waals surface area contributed by atoms with Crippen molar-refractivity contribution in [2.24, 2.45) is 0 Å². The number of unbranched alkanes of at least 4 members (excludes halogenated alkanes) is 2. The van der Waals surface area contributed by atoms with Crippen molar-refractivity contribution in [3.8, 4) is 0 Å². The van der Waals surface area contributed by atoms with E-state index < -0.39 is 8.32 Å². The van der Waals surface area contributed by atoms with Crippen LogP contribution in [0.2, 0.25) is 5.04 Å². The largest absolute Gasteiger partial charge is 0.468 e. The molecule has 2 atom stereocenters. The van der Waals surface area contributed by atoms with Gasteiger partial charge < -0.3 is 13.9 Å². The third-order valence-electron chi connectivity index (χ3n) is 8.86. The number of hydrogen-bond donors (Lipinski definition) is 0. The normalized spacial score (nSPS) is 20.8. The molecule has 1 amide bonds. The summed E-state index contributed by atoms with van der Waals surface area (Å²) in [5.41, 5.74) is -0.315. The van der Waals surface area contributed by atoms with Crippen LogP contribution < -0.4 is 10.4 Å². The summed E-state index contributed by atoms with van der Waals surface area (Å²) in [5, 5.41) is 2.78. The van der Waals surface area contributed by atoms with Gasteiger partial charge in [-0.25, -0.2) is 0 Å². The Balaban J connectivity index is 1.47. The predicted molar refractivity (Wildman–Crippen MR) is 173 cm³/mol. The smallest absolute Gasteiger partial charge is 0.266 e. The molecule has 2 saturated heterocycles. The minimum Gasteiger partial charge on any atom is -0.468 e. The first-order valence-corrected chi connectivity index (χ1v) is 17.9. The Morgan fingerprint density at radius 3 is 2.00 bits per heavy atom. The number of thiocarbonyl (C=S) groups is 1. The molecule has 0 N–H and O–H groups in total. The molecule has 2 aliphatic heterocycles. The van der Waals surface area contributed by atoms with Crippen molar-refractivity contribution < 1.29 is 18.7 Å². The Labute approximate surface area is 254 Å². The number of rotatable bonds is 13. The number of carbonyl (C=O) groups is 1. The van der Waals surface area contributed by atoms with Crippen molar-refractivity contribution >= 4 is 42.0 Å². The minimum absolute atomic E-state index is 0.0401. The highest BCUT2D eigenvalue weighted by molar-refractivity contribution is 7.80. The van der Waals surface area contributed by atoms with E-state index in [4.69, 9.17) is 26.1 Å². The SMILES string of the molecule is CCCCC1(CCCC)COC(=S)N1C(=O)C[C@@H]1CC[C@@H](CO[Si](c2ccccc2)(c2ccccc2)C(C)(C)C)O1. The maximum atomic E-state index is 13.7. The van der Waals surface area contributed by atoms with Gasteiger partial charge in [0.2, 0.25) is 5.91 Å². The molecule has 2 aromatic rings. The van der Waals surface area contributed by atoms with Gasteiger partial charge >= 0.3 is 0 Å². The van der Waals surface area contributed by atoms with E-state index >= 15 is 0 Å². The molecule has 2 aromatic carbocycles. The second kappa shape index (κ2) is 13.9. The van der Waals surface area contributed by atoms with Gasteiger partial charge in [0.05, 0.1) is 30.8 Å². The lowest BCUT2D eigenvalue weighted by molar-refractivity contribution is -0.134. The molecule has 4 rings (SSSR count). The van der Waals surface area contributed by atoms with Gasteiger partial charge in [-0.1, -0.05) is 121 Å². The maximum absolute atomic E-state index is 13.7. The van der Waals surface area contributed by atoms with E-state index in [-0.39, 0.29) is 28.7 Å². The van der Waals surface area contributed by atoms with Crippen molar-refractivity contribution in [2.75, 3.05) is 13.2 Å². The number of ether oxygens (including phenoxy) is 2. The predicted octanol–water partition coefficient (Wildman–Crippen LogP) is 6.76. The average Bonchev–Trinajstić information content (AvgIpc) is 3.55. The summed E-state index contributed by atoms with van der Waals surface area (Å²) < 4.78 is 19.5. The first kappa shape index (κ1) is 31.9. The lowest BCUT2D eigenvalue weighted by atomic mass is 9.86. The van der Waals surface area contributed by atoms with Crippen LogP contribution in [0.3, 0.4) is 0 Å². The Hall–Kier alpha value is -2.06. The van der Waals surface area contributed by atoms with E-state index in [9.17, 15) is 4.79 Å². The lowest BCUT2D eigenvalue weighted by Gasteiger charge is -2.43.